The first-order valence-electron chi connectivity index (χ1n) is 4.27. The number of carboxylic acids is 1. The summed E-state index contributed by atoms with van der Waals surface area (Å²) in [5, 5.41) is 9.13. The van der Waals surface area contributed by atoms with Gasteiger partial charge in [0.2, 0.25) is 0 Å². The maximum Gasteiger partial charge on any atom is 2.00 e. The quantitative estimate of drug-likeness (QED) is 0.872. The Labute approximate surface area is 138 Å². The van der Waals surface area contributed by atoms with Crippen molar-refractivity contribution < 1.29 is 17.5 Å². The van der Waals surface area contributed by atoms with Gasteiger partial charge in [-0.1, -0.05) is 35.3 Å². The van der Waals surface area contributed by atoms with E-state index in [4.69, 9.17) is 28.3 Å². The second kappa shape index (κ2) is 12.0. The number of hydrogen-bond donors (Lipinski definition) is 1. The van der Waals surface area contributed by atoms with Crippen molar-refractivity contribution in [3.05, 3.63) is 34.3 Å². The van der Waals surface area contributed by atoms with Gasteiger partial charge in [-0.25, -0.2) is 4.79 Å². The minimum Gasteiger partial charge on any atom is -1.00 e. The van der Waals surface area contributed by atoms with Crippen LogP contribution >= 0.6 is 23.2 Å². The summed E-state index contributed by atoms with van der Waals surface area (Å²) in [4.78, 5) is 9.63. The van der Waals surface area contributed by atoms with Gasteiger partial charge in [-0.05, 0) is 19.1 Å². The van der Waals surface area contributed by atoms with Crippen LogP contribution in [0.4, 0.5) is 0 Å². The summed E-state index contributed by atoms with van der Waals surface area (Å²) >= 11 is 11.2. The zero-order valence-electron chi connectivity index (χ0n) is 11.0. The molecule has 0 amide bonds. The molecule has 0 saturated carbocycles. The van der Waals surface area contributed by atoms with Crippen molar-refractivity contribution >= 4 is 66.9 Å². The second-order valence-electron chi connectivity index (χ2n) is 2.44. The Morgan fingerprint density at radius 3 is 2.00 bits per heavy atom. The zero-order chi connectivity index (χ0) is 11.7. The number of carbonyl (C=O) groups is 1. The number of aliphatic carboxylic acids is 1. The van der Waals surface area contributed by atoms with Gasteiger partial charge in [0.15, 0.2) is 0 Å². The second-order valence-corrected chi connectivity index (χ2v) is 3.26. The Balaban J connectivity index is -0.0000000942. The van der Waals surface area contributed by atoms with E-state index < -0.39 is 5.97 Å². The summed E-state index contributed by atoms with van der Waals surface area (Å²) in [7, 11) is 0. The van der Waals surface area contributed by atoms with Gasteiger partial charge in [-0.3, -0.25) is 0 Å². The third-order valence-electron chi connectivity index (χ3n) is 1.25. The predicted molar refractivity (Wildman–Crippen MR) is 68.6 cm³/mol. The monoisotopic (exact) mass is 292 g/mol. The van der Waals surface area contributed by atoms with Gasteiger partial charge >= 0.3 is 43.7 Å². The molecule has 1 rings (SSSR count). The molecule has 0 fully saturated rings. The van der Waals surface area contributed by atoms with Crippen LogP contribution in [0.5, 0.6) is 0 Å². The Hall–Kier alpha value is 0.490. The summed E-state index contributed by atoms with van der Waals surface area (Å²) in [6.45, 7) is 2.03. The molecule has 0 aliphatic heterocycles. The minimum atomic E-state index is -0.915. The van der Waals surface area contributed by atoms with Crippen LogP contribution in [0, 0.1) is 0 Å². The van der Waals surface area contributed by atoms with Crippen LogP contribution in [-0.4, -0.2) is 62.0 Å². The van der Waals surface area contributed by atoms with E-state index in [2.05, 4.69) is 4.74 Å². The van der Waals surface area contributed by atoms with Crippen molar-refractivity contribution in [2.24, 2.45) is 0 Å². The number of carboxylic acid groups (broad SMARTS) is 1. The minimum absolute atomic E-state index is 0. The van der Waals surface area contributed by atoms with Crippen LogP contribution in [0.15, 0.2) is 24.3 Å². The maximum absolute atomic E-state index is 9.63. The van der Waals surface area contributed by atoms with Gasteiger partial charge in [0.1, 0.15) is 6.61 Å². The number of ether oxygens (including phenoxy) is 1. The Bertz CT molecular complexity index is 296. The Kier molecular flexibility index (Phi) is 14.1. The molecule has 88 valence electrons. The molecule has 0 atom stereocenters. The largest absolute Gasteiger partial charge is 2.00 e. The van der Waals surface area contributed by atoms with Crippen molar-refractivity contribution in [1.29, 1.82) is 0 Å². The summed E-state index contributed by atoms with van der Waals surface area (Å²) in [6.07, 6.45) is 0. The van der Waals surface area contributed by atoms with Crippen LogP contribution in [0.1, 0.15) is 9.78 Å². The van der Waals surface area contributed by atoms with E-state index >= 15 is 0 Å². The van der Waals surface area contributed by atoms with E-state index in [1.807, 2.05) is 12.1 Å². The van der Waals surface area contributed by atoms with Gasteiger partial charge in [0.05, 0.1) is 10.0 Å². The van der Waals surface area contributed by atoms with E-state index in [1.54, 1.807) is 19.1 Å². The first-order chi connectivity index (χ1) is 7.07. The van der Waals surface area contributed by atoms with Crippen molar-refractivity contribution in [2.45, 2.75) is 6.92 Å². The van der Waals surface area contributed by atoms with Gasteiger partial charge < -0.3 is 12.7 Å². The summed E-state index contributed by atoms with van der Waals surface area (Å²) in [6, 6.07) is 7.19. The summed E-state index contributed by atoms with van der Waals surface area (Å²) in [5.41, 5.74) is 0. The van der Waals surface area contributed by atoms with Crippen LogP contribution in [0.3, 0.4) is 0 Å². The molecule has 6 heteroatoms. The van der Waals surface area contributed by atoms with E-state index in [0.717, 1.165) is 0 Å². The summed E-state index contributed by atoms with van der Waals surface area (Å²) in [5.74, 6) is -0.915. The molecule has 0 unspecified atom stereocenters. The van der Waals surface area contributed by atoms with Crippen LogP contribution < -0.4 is 0 Å². The maximum atomic E-state index is 9.63. The van der Waals surface area contributed by atoms with Crippen molar-refractivity contribution in [2.75, 3.05) is 13.2 Å². The molecule has 0 aliphatic carbocycles. The van der Waals surface area contributed by atoms with E-state index in [9.17, 15) is 4.79 Å². The molecule has 1 aromatic rings. The normalized spacial score (nSPS) is 8.44. The van der Waals surface area contributed by atoms with Crippen molar-refractivity contribution in [1.82, 2.24) is 0 Å². The molecule has 0 spiro atoms. The third kappa shape index (κ3) is 11.0. The molecule has 0 radical (unpaired) electrons. The molecule has 1 N–H and O–H groups in total. The SMILES string of the molecule is CCOCC(=O)O.Clc1ccccc1Cl.[Ca+2].[H-].[H-]. The predicted octanol–water partition coefficient (Wildman–Crippen LogP) is 2.95. The fraction of sp³-hybridized carbons (Fsp3) is 0.300. The van der Waals surface area contributed by atoms with Gasteiger partial charge in [-0.2, -0.15) is 0 Å². The standard InChI is InChI=1S/C6H4Cl2.C4H8O3.Ca.2H/c7-5-3-1-2-4-6(5)8;1-2-7-3-4(5)6;;;/h1-4H;2-3H2,1H3,(H,5,6);;;/q;;+2;2*-1. The summed E-state index contributed by atoms with van der Waals surface area (Å²) < 4.78 is 4.50. The first kappa shape index (κ1) is 18.8. The topological polar surface area (TPSA) is 46.5 Å². The first-order valence-corrected chi connectivity index (χ1v) is 5.03. The fourth-order valence-corrected chi connectivity index (χ4v) is 0.900. The van der Waals surface area contributed by atoms with E-state index in [1.165, 1.54) is 0 Å². The van der Waals surface area contributed by atoms with Gasteiger partial charge in [0.25, 0.3) is 0 Å². The molecule has 1 aromatic carbocycles. The molecule has 3 nitrogen and oxygen atoms in total. The molecule has 0 bridgehead atoms. The molecule has 16 heavy (non-hydrogen) atoms. The molecule has 0 aromatic heterocycles. The smallest absolute Gasteiger partial charge is 1.00 e. The van der Waals surface area contributed by atoms with Gasteiger partial charge in [0, 0.05) is 6.61 Å². The van der Waals surface area contributed by atoms with Crippen LogP contribution in [0.2, 0.25) is 10.0 Å². The van der Waals surface area contributed by atoms with Crippen LogP contribution in [-0.2, 0) is 9.53 Å². The van der Waals surface area contributed by atoms with Crippen molar-refractivity contribution in [3.8, 4) is 0 Å². The number of halogens is 2. The average Bonchev–Trinajstić information content (AvgIpc) is 2.20. The Morgan fingerprint density at radius 1 is 1.38 bits per heavy atom. The number of rotatable bonds is 3. The zero-order valence-corrected chi connectivity index (χ0v) is 12.7. The van der Waals surface area contributed by atoms with Crippen molar-refractivity contribution in [3.63, 3.8) is 0 Å². The van der Waals surface area contributed by atoms with E-state index in [-0.39, 0.29) is 47.2 Å². The molecule has 0 aliphatic rings. The van der Waals surface area contributed by atoms with E-state index in [0.29, 0.717) is 16.7 Å². The fourth-order valence-electron chi connectivity index (χ4n) is 0.629. The molecular weight excluding hydrogens is 279 g/mol. The Morgan fingerprint density at radius 2 is 1.81 bits per heavy atom. The number of benzene rings is 1. The molecule has 0 heterocycles. The van der Waals surface area contributed by atoms with Gasteiger partial charge in [-0.15, -0.1) is 0 Å². The average molecular weight is 293 g/mol. The third-order valence-corrected chi connectivity index (χ3v) is 2.01. The molecular formula is C10H14CaCl2O3. The molecule has 0 saturated heterocycles. The van der Waals surface area contributed by atoms with Crippen LogP contribution in [0.25, 0.3) is 0 Å². The number of hydrogen-bond acceptors (Lipinski definition) is 2.